The summed E-state index contributed by atoms with van der Waals surface area (Å²) < 4.78 is 1.61. The highest BCUT2D eigenvalue weighted by Gasteiger charge is 2.19. The number of aromatic amines is 1. The van der Waals surface area contributed by atoms with Crippen LogP contribution in [0.25, 0.3) is 0 Å². The molecule has 0 aliphatic carbocycles. The van der Waals surface area contributed by atoms with Crippen LogP contribution in [0.15, 0.2) is 14.3 Å². The smallest absolute Gasteiger partial charge is 0.271 e. The zero-order valence-electron chi connectivity index (χ0n) is 9.58. The fraction of sp³-hybridized carbons (Fsp3) is 0.100. The first-order valence-electron chi connectivity index (χ1n) is 5.01. The lowest BCUT2D eigenvalue weighted by molar-refractivity contribution is 0.0996. The predicted molar refractivity (Wildman–Crippen MR) is 79.5 cm³/mol. The number of halogens is 2. The minimum Gasteiger partial charge on any atom is -0.364 e. The number of H-pyrrole nitrogens is 1. The maximum atomic E-state index is 12.1. The Morgan fingerprint density at radius 1 is 1.47 bits per heavy atom. The number of aromatic nitrogens is 2. The fourth-order valence-corrected chi connectivity index (χ4v) is 3.32. The molecule has 2 rings (SSSR count). The number of nitrogens with two attached hydrogens (primary N) is 1. The van der Waals surface area contributed by atoms with E-state index in [1.807, 2.05) is 0 Å². The zero-order chi connectivity index (χ0) is 14.2. The molecule has 4 N–H and O–H groups in total. The van der Waals surface area contributed by atoms with Crippen LogP contribution in [0, 0.1) is 6.92 Å². The number of rotatable bonds is 3. The van der Waals surface area contributed by atoms with E-state index in [-0.39, 0.29) is 11.6 Å². The second kappa shape index (κ2) is 5.43. The minimum atomic E-state index is -0.701. The molecule has 0 saturated carbocycles. The highest BCUT2D eigenvalue weighted by Crippen LogP contribution is 2.33. The van der Waals surface area contributed by atoms with Gasteiger partial charge in [-0.3, -0.25) is 14.7 Å². The van der Waals surface area contributed by atoms with Crippen molar-refractivity contribution >= 4 is 60.7 Å². The Hall–Kier alpha value is -1.19. The molecule has 6 nitrogen and oxygen atoms in total. The number of nitrogens with zero attached hydrogens (tertiary/aromatic N) is 1. The first kappa shape index (κ1) is 14.2. The van der Waals surface area contributed by atoms with Crippen molar-refractivity contribution in [2.75, 3.05) is 5.32 Å². The molecule has 100 valence electrons. The van der Waals surface area contributed by atoms with Crippen LogP contribution >= 0.6 is 43.2 Å². The Morgan fingerprint density at radius 2 is 2.16 bits per heavy atom. The zero-order valence-corrected chi connectivity index (χ0v) is 13.6. The van der Waals surface area contributed by atoms with Crippen molar-refractivity contribution in [3.8, 4) is 0 Å². The molecule has 0 radical (unpaired) electrons. The van der Waals surface area contributed by atoms with Gasteiger partial charge in [-0.25, -0.2) is 0 Å². The number of anilines is 1. The summed E-state index contributed by atoms with van der Waals surface area (Å²) in [5, 5.41) is 9.00. The molecule has 0 aromatic carbocycles. The monoisotopic (exact) mass is 406 g/mol. The van der Waals surface area contributed by atoms with Crippen LogP contribution in [0.4, 0.5) is 5.69 Å². The second-order valence-electron chi connectivity index (χ2n) is 3.62. The molecule has 0 spiro atoms. The number of aryl methyl sites for hydroxylation is 1. The number of carbonyl (C=O) groups excluding carboxylic acids is 2. The van der Waals surface area contributed by atoms with Gasteiger partial charge in [0.25, 0.3) is 11.8 Å². The SMILES string of the molecule is Cc1[nH]nc(C(N)=O)c1NC(=O)c1cc(Br)c(Br)s1. The first-order chi connectivity index (χ1) is 8.90. The van der Waals surface area contributed by atoms with Gasteiger partial charge in [0, 0.05) is 4.47 Å². The van der Waals surface area contributed by atoms with Crippen molar-refractivity contribution in [3.63, 3.8) is 0 Å². The van der Waals surface area contributed by atoms with Gasteiger partial charge in [0.05, 0.1) is 20.0 Å². The third-order valence-electron chi connectivity index (χ3n) is 2.29. The molecular formula is C10H8Br2N4O2S. The molecule has 9 heteroatoms. The van der Waals surface area contributed by atoms with Gasteiger partial charge in [-0.2, -0.15) is 5.10 Å². The summed E-state index contributed by atoms with van der Waals surface area (Å²) in [5.41, 5.74) is 6.07. The van der Waals surface area contributed by atoms with Crippen LogP contribution < -0.4 is 11.1 Å². The van der Waals surface area contributed by atoms with E-state index >= 15 is 0 Å². The van der Waals surface area contributed by atoms with Gasteiger partial charge in [0.15, 0.2) is 5.69 Å². The van der Waals surface area contributed by atoms with Gasteiger partial charge < -0.3 is 11.1 Å². The summed E-state index contributed by atoms with van der Waals surface area (Å²) in [6.07, 6.45) is 0. The van der Waals surface area contributed by atoms with Crippen molar-refractivity contribution in [2.24, 2.45) is 5.73 Å². The standard InChI is InChI=1S/C10H8Br2N4O2S/c1-3-6(7(9(13)17)16-15-3)14-10(18)5-2-4(11)8(12)19-5/h2H,1H3,(H2,13,17)(H,14,18)(H,15,16). The normalized spacial score (nSPS) is 10.5. The summed E-state index contributed by atoms with van der Waals surface area (Å²) in [6.45, 7) is 1.69. The molecule has 19 heavy (non-hydrogen) atoms. The van der Waals surface area contributed by atoms with Crippen LogP contribution in [-0.2, 0) is 0 Å². The molecule has 2 amide bonds. The molecule has 2 aromatic rings. The minimum absolute atomic E-state index is 0.0144. The summed E-state index contributed by atoms with van der Waals surface area (Å²) in [4.78, 5) is 23.8. The quantitative estimate of drug-likeness (QED) is 0.728. The van der Waals surface area contributed by atoms with E-state index in [0.29, 0.717) is 16.3 Å². The summed E-state index contributed by atoms with van der Waals surface area (Å²) in [7, 11) is 0. The third kappa shape index (κ3) is 2.88. The van der Waals surface area contributed by atoms with Crippen molar-refractivity contribution in [3.05, 3.63) is 30.6 Å². The van der Waals surface area contributed by atoms with Gasteiger partial charge in [0.2, 0.25) is 0 Å². The van der Waals surface area contributed by atoms with Crippen LogP contribution in [-0.4, -0.2) is 22.0 Å². The van der Waals surface area contributed by atoms with Gasteiger partial charge in [-0.1, -0.05) is 0 Å². The van der Waals surface area contributed by atoms with E-state index in [1.54, 1.807) is 13.0 Å². The van der Waals surface area contributed by atoms with Crippen molar-refractivity contribution in [1.29, 1.82) is 0 Å². The Labute approximate surface area is 129 Å². The van der Waals surface area contributed by atoms with E-state index in [0.717, 1.165) is 8.26 Å². The average molecular weight is 408 g/mol. The Morgan fingerprint density at radius 3 is 2.68 bits per heavy atom. The molecule has 0 fully saturated rings. The highest BCUT2D eigenvalue weighted by atomic mass is 79.9. The van der Waals surface area contributed by atoms with Gasteiger partial charge in [0.1, 0.15) is 0 Å². The molecule has 0 atom stereocenters. The lowest BCUT2D eigenvalue weighted by Crippen LogP contribution is -2.17. The van der Waals surface area contributed by atoms with Gasteiger partial charge in [-0.15, -0.1) is 11.3 Å². The summed E-state index contributed by atoms with van der Waals surface area (Å²) in [5.74, 6) is -1.03. The molecule has 2 heterocycles. The van der Waals surface area contributed by atoms with E-state index < -0.39 is 5.91 Å². The molecule has 0 aliphatic rings. The van der Waals surface area contributed by atoms with Crippen LogP contribution in [0.5, 0.6) is 0 Å². The second-order valence-corrected chi connectivity index (χ2v) is 6.85. The van der Waals surface area contributed by atoms with Crippen molar-refractivity contribution in [2.45, 2.75) is 6.92 Å². The average Bonchev–Trinajstić information content (AvgIpc) is 2.85. The fourth-order valence-electron chi connectivity index (χ4n) is 1.39. The number of hydrogen-bond donors (Lipinski definition) is 3. The topological polar surface area (TPSA) is 101 Å². The van der Waals surface area contributed by atoms with Crippen LogP contribution in [0.2, 0.25) is 0 Å². The molecule has 0 bridgehead atoms. The summed E-state index contributed by atoms with van der Waals surface area (Å²) in [6, 6.07) is 1.68. The Bertz CT molecular complexity index is 645. The number of primary amides is 1. The van der Waals surface area contributed by atoms with Gasteiger partial charge >= 0.3 is 0 Å². The molecule has 0 aliphatic heterocycles. The largest absolute Gasteiger partial charge is 0.364 e. The first-order valence-corrected chi connectivity index (χ1v) is 7.41. The Balaban J connectivity index is 2.29. The predicted octanol–water partition coefficient (Wildman–Crippen LogP) is 2.66. The number of amides is 2. The van der Waals surface area contributed by atoms with E-state index in [1.165, 1.54) is 11.3 Å². The van der Waals surface area contributed by atoms with Crippen LogP contribution in [0.3, 0.4) is 0 Å². The molecule has 0 saturated heterocycles. The number of thiophene rings is 1. The lowest BCUT2D eigenvalue weighted by Gasteiger charge is -2.03. The molecular weight excluding hydrogens is 400 g/mol. The van der Waals surface area contributed by atoms with E-state index in [2.05, 4.69) is 47.4 Å². The number of carbonyl (C=O) groups is 2. The van der Waals surface area contributed by atoms with Crippen LogP contribution in [0.1, 0.15) is 25.9 Å². The van der Waals surface area contributed by atoms with Crippen molar-refractivity contribution in [1.82, 2.24) is 10.2 Å². The molecule has 2 aromatic heterocycles. The number of nitrogens with one attached hydrogen (secondary N) is 2. The maximum Gasteiger partial charge on any atom is 0.271 e. The maximum absolute atomic E-state index is 12.1. The van der Waals surface area contributed by atoms with E-state index in [9.17, 15) is 9.59 Å². The van der Waals surface area contributed by atoms with Gasteiger partial charge in [-0.05, 0) is 44.8 Å². The van der Waals surface area contributed by atoms with E-state index in [4.69, 9.17) is 5.73 Å². The number of hydrogen-bond acceptors (Lipinski definition) is 4. The van der Waals surface area contributed by atoms with Crippen molar-refractivity contribution < 1.29 is 9.59 Å². The highest BCUT2D eigenvalue weighted by molar-refractivity contribution is 9.13. The third-order valence-corrected chi connectivity index (χ3v) is 5.54. The lowest BCUT2D eigenvalue weighted by atomic mass is 10.3. The summed E-state index contributed by atoms with van der Waals surface area (Å²) >= 11 is 7.89. The Kier molecular flexibility index (Phi) is 4.07. The molecule has 0 unspecified atom stereocenters.